The molecule has 4 rings (SSSR count). The summed E-state index contributed by atoms with van der Waals surface area (Å²) in [5.41, 5.74) is 3.30. The molecule has 2 heteroatoms. The number of hydrogen-bond donors (Lipinski definition) is 0. The number of hydrogen-bond acceptors (Lipinski definition) is 2. The molecule has 0 saturated carbocycles. The number of benzene rings is 2. The molecule has 0 aliphatic rings. The predicted octanol–water partition coefficient (Wildman–Crippen LogP) is 5.11. The van der Waals surface area contributed by atoms with E-state index < -0.39 is 0 Å². The van der Waals surface area contributed by atoms with Crippen LogP contribution in [0.15, 0.2) is 46.9 Å². The van der Waals surface area contributed by atoms with E-state index in [1.54, 1.807) is 0 Å². The molecule has 2 heterocycles. The zero-order valence-corrected chi connectivity index (χ0v) is 10.2. The Bertz CT molecular complexity index is 851. The van der Waals surface area contributed by atoms with E-state index in [9.17, 15) is 0 Å². The lowest BCUT2D eigenvalue weighted by Gasteiger charge is -1.92. The highest BCUT2D eigenvalue weighted by Gasteiger charge is 2.12. The van der Waals surface area contributed by atoms with Gasteiger partial charge in [-0.1, -0.05) is 23.8 Å². The Hall–Kier alpha value is -1.80. The molecule has 0 aliphatic carbocycles. The van der Waals surface area contributed by atoms with Gasteiger partial charge in [0.2, 0.25) is 0 Å². The van der Waals surface area contributed by atoms with Gasteiger partial charge < -0.3 is 4.42 Å². The second-order valence-electron chi connectivity index (χ2n) is 4.36. The smallest absolute Gasteiger partial charge is 0.154 e. The van der Waals surface area contributed by atoms with Gasteiger partial charge in [0.15, 0.2) is 5.58 Å². The van der Waals surface area contributed by atoms with Crippen LogP contribution in [0.5, 0.6) is 0 Å². The minimum Gasteiger partial charge on any atom is -0.454 e. The monoisotopic (exact) mass is 238 g/mol. The van der Waals surface area contributed by atoms with Gasteiger partial charge in [-0.2, -0.15) is 0 Å². The molecule has 0 saturated heterocycles. The summed E-state index contributed by atoms with van der Waals surface area (Å²) >= 11 is 1.81. The fraction of sp³-hybridized carbons (Fsp3) is 0.0667. The maximum Gasteiger partial charge on any atom is 0.154 e. The molecule has 1 nitrogen and oxygen atoms in total. The third-order valence-electron chi connectivity index (χ3n) is 3.14. The van der Waals surface area contributed by atoms with Crippen molar-refractivity contribution in [2.24, 2.45) is 0 Å². The van der Waals surface area contributed by atoms with Gasteiger partial charge >= 0.3 is 0 Å². The van der Waals surface area contributed by atoms with Crippen LogP contribution in [-0.2, 0) is 0 Å². The van der Waals surface area contributed by atoms with E-state index >= 15 is 0 Å². The van der Waals surface area contributed by atoms with Gasteiger partial charge in [-0.15, -0.1) is 11.3 Å². The van der Waals surface area contributed by atoms with Crippen molar-refractivity contribution in [3.63, 3.8) is 0 Å². The largest absolute Gasteiger partial charge is 0.454 e. The Kier molecular flexibility index (Phi) is 1.69. The predicted molar refractivity (Wildman–Crippen MR) is 73.8 cm³/mol. The third kappa shape index (κ3) is 1.19. The molecule has 17 heavy (non-hydrogen) atoms. The molecule has 0 unspecified atom stereocenters. The molecule has 0 aliphatic heterocycles. The van der Waals surface area contributed by atoms with Crippen molar-refractivity contribution >= 4 is 42.7 Å². The van der Waals surface area contributed by atoms with Gasteiger partial charge in [0.05, 0.1) is 4.70 Å². The molecule has 4 aromatic rings. The zero-order chi connectivity index (χ0) is 11.4. The number of rotatable bonds is 0. The number of para-hydroxylation sites is 1. The van der Waals surface area contributed by atoms with Gasteiger partial charge in [0.1, 0.15) is 5.58 Å². The van der Waals surface area contributed by atoms with Crippen molar-refractivity contribution < 1.29 is 4.42 Å². The lowest BCUT2D eigenvalue weighted by molar-refractivity contribution is 0.673. The fourth-order valence-electron chi connectivity index (χ4n) is 2.32. The van der Waals surface area contributed by atoms with Crippen LogP contribution in [-0.4, -0.2) is 0 Å². The van der Waals surface area contributed by atoms with Crippen LogP contribution in [0.4, 0.5) is 0 Å². The average Bonchev–Trinajstić information content (AvgIpc) is 2.85. The first kappa shape index (κ1) is 9.25. The zero-order valence-electron chi connectivity index (χ0n) is 9.36. The summed E-state index contributed by atoms with van der Waals surface area (Å²) in [6.07, 6.45) is 0. The summed E-state index contributed by atoms with van der Waals surface area (Å²) in [6, 6.07) is 14.8. The summed E-state index contributed by atoms with van der Waals surface area (Å²) in [6.45, 7) is 2.12. The Balaban J connectivity index is 2.30. The Morgan fingerprint density at radius 2 is 1.88 bits per heavy atom. The average molecular weight is 238 g/mol. The van der Waals surface area contributed by atoms with Gasteiger partial charge in [-0.25, -0.2) is 0 Å². The highest BCUT2D eigenvalue weighted by molar-refractivity contribution is 7.26. The van der Waals surface area contributed by atoms with Gasteiger partial charge in [0, 0.05) is 15.5 Å². The number of aryl methyl sites for hydroxylation is 1. The fourth-order valence-corrected chi connectivity index (χ4v) is 3.46. The lowest BCUT2D eigenvalue weighted by atomic mass is 10.2. The van der Waals surface area contributed by atoms with E-state index in [4.69, 9.17) is 4.42 Å². The first-order valence-electron chi connectivity index (χ1n) is 5.63. The van der Waals surface area contributed by atoms with E-state index in [-0.39, 0.29) is 0 Å². The van der Waals surface area contributed by atoms with Crippen molar-refractivity contribution in [3.05, 3.63) is 48.0 Å². The highest BCUT2D eigenvalue weighted by atomic mass is 32.1. The Morgan fingerprint density at radius 1 is 1.00 bits per heavy atom. The normalized spacial score (nSPS) is 11.8. The maximum absolute atomic E-state index is 5.97. The molecule has 0 spiro atoms. The maximum atomic E-state index is 5.97. The quantitative estimate of drug-likeness (QED) is 0.415. The summed E-state index contributed by atoms with van der Waals surface area (Å²) in [4.78, 5) is 0. The lowest BCUT2D eigenvalue weighted by Crippen LogP contribution is -1.68. The molecule has 2 aromatic carbocycles. The summed E-state index contributed by atoms with van der Waals surface area (Å²) in [7, 11) is 0. The summed E-state index contributed by atoms with van der Waals surface area (Å²) in [5, 5.41) is 2.46. The van der Waals surface area contributed by atoms with E-state index in [1.807, 2.05) is 23.5 Å². The minimum absolute atomic E-state index is 0.983. The number of thiophene rings is 1. The van der Waals surface area contributed by atoms with Crippen molar-refractivity contribution in [3.8, 4) is 0 Å². The molecular weight excluding hydrogens is 228 g/mol. The van der Waals surface area contributed by atoms with Crippen LogP contribution in [0.25, 0.3) is 31.3 Å². The van der Waals surface area contributed by atoms with Crippen LogP contribution in [0.3, 0.4) is 0 Å². The molecule has 0 radical (unpaired) electrons. The van der Waals surface area contributed by atoms with Crippen LogP contribution in [0.1, 0.15) is 5.56 Å². The van der Waals surface area contributed by atoms with Crippen molar-refractivity contribution in [2.75, 3.05) is 0 Å². The van der Waals surface area contributed by atoms with E-state index in [2.05, 4.69) is 37.3 Å². The third-order valence-corrected chi connectivity index (χ3v) is 4.33. The second-order valence-corrected chi connectivity index (χ2v) is 5.41. The molecule has 82 valence electrons. The van der Waals surface area contributed by atoms with Gasteiger partial charge in [-0.3, -0.25) is 0 Å². The standard InChI is InChI=1S/C15H10OS/c1-9-6-7-13-11(8-9)14-15(17-13)10-4-2-3-5-12(10)16-14/h2-8H,1H3. The topological polar surface area (TPSA) is 13.1 Å². The SMILES string of the molecule is Cc1ccc2sc3c4ccccc4oc3c2c1. The van der Waals surface area contributed by atoms with Crippen molar-refractivity contribution in [1.82, 2.24) is 0 Å². The van der Waals surface area contributed by atoms with E-state index in [0.29, 0.717) is 0 Å². The van der Waals surface area contributed by atoms with E-state index in [0.717, 1.165) is 11.2 Å². The number of fused-ring (bicyclic) bond motifs is 5. The first-order chi connectivity index (χ1) is 8.33. The summed E-state index contributed by atoms with van der Waals surface area (Å²) in [5.74, 6) is 0. The summed E-state index contributed by atoms with van der Waals surface area (Å²) < 4.78 is 8.54. The Labute approximate surface area is 102 Å². The molecular formula is C15H10OS. The minimum atomic E-state index is 0.983. The second kappa shape index (κ2) is 3.11. The molecule has 2 aromatic heterocycles. The van der Waals surface area contributed by atoms with Crippen LogP contribution in [0.2, 0.25) is 0 Å². The van der Waals surface area contributed by atoms with Crippen LogP contribution >= 0.6 is 11.3 Å². The van der Waals surface area contributed by atoms with Crippen molar-refractivity contribution in [2.45, 2.75) is 6.92 Å². The van der Waals surface area contributed by atoms with E-state index in [1.165, 1.54) is 25.7 Å². The molecule has 0 N–H and O–H groups in total. The van der Waals surface area contributed by atoms with Crippen molar-refractivity contribution in [1.29, 1.82) is 0 Å². The molecule has 0 amide bonds. The molecule has 0 bridgehead atoms. The highest BCUT2D eigenvalue weighted by Crippen LogP contribution is 2.40. The van der Waals surface area contributed by atoms with Crippen LogP contribution < -0.4 is 0 Å². The molecule has 0 fully saturated rings. The first-order valence-corrected chi connectivity index (χ1v) is 6.45. The van der Waals surface area contributed by atoms with Crippen LogP contribution in [0, 0.1) is 6.92 Å². The Morgan fingerprint density at radius 3 is 2.82 bits per heavy atom. The van der Waals surface area contributed by atoms with Gasteiger partial charge in [0.25, 0.3) is 0 Å². The van der Waals surface area contributed by atoms with Gasteiger partial charge in [-0.05, 0) is 31.2 Å². The number of furan rings is 1. The molecule has 0 atom stereocenters.